The van der Waals surface area contributed by atoms with E-state index in [2.05, 4.69) is 19.2 Å². The summed E-state index contributed by atoms with van der Waals surface area (Å²) in [6.07, 6.45) is 3.29. The standard InChI is InChI=1S/C23H31FN2O3/c1-14(2)11-21-22(27)25-20(16-7-9-29-10-8-16)13-26(21)23(28)19-12-18(19)15-3-5-17(24)6-4-15/h3-6,14,16,18-21H,7-13H2,1-2H3,(H,25,27)/t18-,19+,20-,21-/m0/s1. The van der Waals surface area contributed by atoms with E-state index in [1.54, 1.807) is 12.1 Å². The summed E-state index contributed by atoms with van der Waals surface area (Å²) < 4.78 is 18.7. The number of hydrogen-bond acceptors (Lipinski definition) is 3. The van der Waals surface area contributed by atoms with E-state index in [-0.39, 0.29) is 35.5 Å². The van der Waals surface area contributed by atoms with Crippen LogP contribution in [0.5, 0.6) is 0 Å². The Morgan fingerprint density at radius 3 is 2.59 bits per heavy atom. The summed E-state index contributed by atoms with van der Waals surface area (Å²) in [5, 5.41) is 3.20. The summed E-state index contributed by atoms with van der Waals surface area (Å²) in [5.74, 6) is 0.514. The van der Waals surface area contributed by atoms with Gasteiger partial charge in [0, 0.05) is 31.7 Å². The Hall–Kier alpha value is -1.95. The smallest absolute Gasteiger partial charge is 0.243 e. The van der Waals surface area contributed by atoms with Crippen LogP contribution in [0, 0.1) is 23.6 Å². The van der Waals surface area contributed by atoms with Crippen molar-refractivity contribution in [3.05, 3.63) is 35.6 Å². The van der Waals surface area contributed by atoms with E-state index < -0.39 is 6.04 Å². The maximum absolute atomic E-state index is 13.4. The van der Waals surface area contributed by atoms with Gasteiger partial charge in [-0.2, -0.15) is 0 Å². The van der Waals surface area contributed by atoms with Gasteiger partial charge >= 0.3 is 0 Å². The van der Waals surface area contributed by atoms with Gasteiger partial charge in [-0.05, 0) is 61.1 Å². The predicted molar refractivity (Wildman–Crippen MR) is 108 cm³/mol. The summed E-state index contributed by atoms with van der Waals surface area (Å²) in [7, 11) is 0. The number of carbonyl (C=O) groups excluding carboxylic acids is 2. The molecule has 3 fully saturated rings. The average molecular weight is 403 g/mol. The lowest BCUT2D eigenvalue weighted by Gasteiger charge is -2.43. The van der Waals surface area contributed by atoms with Crippen LogP contribution in [-0.4, -0.2) is 48.6 Å². The van der Waals surface area contributed by atoms with E-state index in [0.717, 1.165) is 38.0 Å². The zero-order valence-electron chi connectivity index (χ0n) is 17.3. The van der Waals surface area contributed by atoms with Crippen LogP contribution in [0.4, 0.5) is 4.39 Å². The van der Waals surface area contributed by atoms with Crippen LogP contribution in [-0.2, 0) is 14.3 Å². The molecule has 158 valence electrons. The largest absolute Gasteiger partial charge is 0.381 e. The third kappa shape index (κ3) is 4.47. The van der Waals surface area contributed by atoms with Crippen molar-refractivity contribution in [2.45, 2.75) is 57.5 Å². The van der Waals surface area contributed by atoms with Crippen LogP contribution < -0.4 is 5.32 Å². The monoisotopic (exact) mass is 402 g/mol. The quantitative estimate of drug-likeness (QED) is 0.823. The van der Waals surface area contributed by atoms with Crippen LogP contribution in [0.1, 0.15) is 51.0 Å². The van der Waals surface area contributed by atoms with Gasteiger partial charge in [-0.25, -0.2) is 4.39 Å². The number of nitrogens with zero attached hydrogens (tertiary/aromatic N) is 1. The molecule has 2 aliphatic heterocycles. The highest BCUT2D eigenvalue weighted by Gasteiger charge is 2.50. The minimum absolute atomic E-state index is 0.00165. The van der Waals surface area contributed by atoms with E-state index in [0.29, 0.717) is 24.8 Å². The molecule has 29 heavy (non-hydrogen) atoms. The van der Waals surface area contributed by atoms with Gasteiger partial charge in [0.1, 0.15) is 11.9 Å². The van der Waals surface area contributed by atoms with Crippen LogP contribution >= 0.6 is 0 Å². The fraction of sp³-hybridized carbons (Fsp3) is 0.652. The van der Waals surface area contributed by atoms with Crippen molar-refractivity contribution in [3.8, 4) is 0 Å². The molecule has 1 aromatic carbocycles. The second-order valence-corrected chi connectivity index (χ2v) is 9.20. The van der Waals surface area contributed by atoms with Crippen LogP contribution in [0.2, 0.25) is 0 Å². The zero-order chi connectivity index (χ0) is 20.5. The molecule has 1 aromatic rings. The maximum Gasteiger partial charge on any atom is 0.243 e. The van der Waals surface area contributed by atoms with Crippen LogP contribution in [0.3, 0.4) is 0 Å². The molecule has 5 nitrogen and oxygen atoms in total. The molecule has 0 unspecified atom stereocenters. The molecule has 2 heterocycles. The molecule has 6 heteroatoms. The number of nitrogens with one attached hydrogen (secondary N) is 1. The topological polar surface area (TPSA) is 58.6 Å². The Morgan fingerprint density at radius 1 is 1.24 bits per heavy atom. The van der Waals surface area contributed by atoms with Crippen LogP contribution in [0.15, 0.2) is 24.3 Å². The predicted octanol–water partition coefficient (Wildman–Crippen LogP) is 3.10. The SMILES string of the molecule is CC(C)C[C@H]1C(=O)N[C@H](C2CCOCC2)CN1C(=O)[C@@H]1C[C@H]1c1ccc(F)cc1. The third-order valence-corrected chi connectivity index (χ3v) is 6.62. The molecule has 1 N–H and O–H groups in total. The number of carbonyl (C=O) groups is 2. The van der Waals surface area contributed by atoms with E-state index in [1.807, 2.05) is 4.90 Å². The minimum Gasteiger partial charge on any atom is -0.381 e. The highest BCUT2D eigenvalue weighted by Crippen LogP contribution is 2.49. The van der Waals surface area contributed by atoms with E-state index in [1.165, 1.54) is 12.1 Å². The van der Waals surface area contributed by atoms with Crippen molar-refractivity contribution >= 4 is 11.8 Å². The van der Waals surface area contributed by atoms with Crippen molar-refractivity contribution in [1.82, 2.24) is 10.2 Å². The van der Waals surface area contributed by atoms with Crippen molar-refractivity contribution in [3.63, 3.8) is 0 Å². The lowest BCUT2D eigenvalue weighted by molar-refractivity contribution is -0.147. The van der Waals surface area contributed by atoms with Gasteiger partial charge in [-0.15, -0.1) is 0 Å². The van der Waals surface area contributed by atoms with E-state index in [9.17, 15) is 14.0 Å². The molecule has 4 atom stereocenters. The second-order valence-electron chi connectivity index (χ2n) is 9.20. The van der Waals surface area contributed by atoms with Gasteiger partial charge in [-0.1, -0.05) is 26.0 Å². The zero-order valence-corrected chi connectivity index (χ0v) is 17.3. The normalized spacial score (nSPS) is 30.3. The number of halogens is 1. The first-order valence-corrected chi connectivity index (χ1v) is 10.9. The molecule has 0 bridgehead atoms. The summed E-state index contributed by atoms with van der Waals surface area (Å²) >= 11 is 0. The maximum atomic E-state index is 13.4. The molecule has 4 rings (SSSR count). The first-order valence-electron chi connectivity index (χ1n) is 10.9. The van der Waals surface area contributed by atoms with Crippen molar-refractivity contribution in [2.24, 2.45) is 17.8 Å². The molecule has 3 aliphatic rings. The highest BCUT2D eigenvalue weighted by molar-refractivity contribution is 5.91. The summed E-state index contributed by atoms with van der Waals surface area (Å²) in [5.41, 5.74) is 1.01. The van der Waals surface area contributed by atoms with Crippen molar-refractivity contribution in [2.75, 3.05) is 19.8 Å². The Morgan fingerprint density at radius 2 is 1.93 bits per heavy atom. The first-order chi connectivity index (χ1) is 13.9. The molecule has 2 saturated heterocycles. The number of hydrogen-bond donors (Lipinski definition) is 1. The Balaban J connectivity index is 1.49. The molecular weight excluding hydrogens is 371 g/mol. The molecular formula is C23H31FN2O3. The van der Waals surface area contributed by atoms with Crippen molar-refractivity contribution < 1.29 is 18.7 Å². The Labute approximate surface area is 172 Å². The van der Waals surface area contributed by atoms with Gasteiger partial charge in [0.15, 0.2) is 0 Å². The van der Waals surface area contributed by atoms with E-state index in [4.69, 9.17) is 4.74 Å². The van der Waals surface area contributed by atoms with Gasteiger partial charge in [0.25, 0.3) is 0 Å². The van der Waals surface area contributed by atoms with Crippen LogP contribution in [0.25, 0.3) is 0 Å². The number of benzene rings is 1. The first kappa shape index (κ1) is 20.3. The lowest BCUT2D eigenvalue weighted by atomic mass is 9.87. The fourth-order valence-electron chi connectivity index (χ4n) is 4.87. The lowest BCUT2D eigenvalue weighted by Crippen LogP contribution is -2.64. The fourth-order valence-corrected chi connectivity index (χ4v) is 4.87. The third-order valence-electron chi connectivity index (χ3n) is 6.62. The molecule has 0 radical (unpaired) electrons. The summed E-state index contributed by atoms with van der Waals surface area (Å²) in [6, 6.07) is 6.05. The molecule has 0 spiro atoms. The summed E-state index contributed by atoms with van der Waals surface area (Å²) in [4.78, 5) is 28.2. The Kier molecular flexibility index (Phi) is 5.91. The highest BCUT2D eigenvalue weighted by atomic mass is 19.1. The Bertz CT molecular complexity index is 745. The second kappa shape index (κ2) is 8.42. The van der Waals surface area contributed by atoms with Crippen molar-refractivity contribution in [1.29, 1.82) is 0 Å². The average Bonchev–Trinajstić information content (AvgIpc) is 3.50. The van der Waals surface area contributed by atoms with Gasteiger partial charge in [0.05, 0.1) is 0 Å². The minimum atomic E-state index is -0.395. The molecule has 1 aliphatic carbocycles. The van der Waals surface area contributed by atoms with Gasteiger partial charge in [0.2, 0.25) is 11.8 Å². The summed E-state index contributed by atoms with van der Waals surface area (Å²) in [6.45, 7) is 6.18. The molecule has 1 saturated carbocycles. The van der Waals surface area contributed by atoms with Gasteiger partial charge in [-0.3, -0.25) is 9.59 Å². The van der Waals surface area contributed by atoms with Gasteiger partial charge < -0.3 is 15.0 Å². The van der Waals surface area contributed by atoms with E-state index >= 15 is 0 Å². The number of rotatable bonds is 5. The number of ether oxygens (including phenoxy) is 1. The molecule has 2 amide bonds. The number of amides is 2. The molecule has 0 aromatic heterocycles. The number of piperazine rings is 1.